The number of aromatic amines is 1. The van der Waals surface area contributed by atoms with Crippen molar-refractivity contribution in [3.63, 3.8) is 0 Å². The molecular formula is C16H15N3O. The van der Waals surface area contributed by atoms with Gasteiger partial charge in [0.05, 0.1) is 6.42 Å². The van der Waals surface area contributed by atoms with Gasteiger partial charge >= 0.3 is 0 Å². The Hall–Kier alpha value is -2.62. The first-order valence-corrected chi connectivity index (χ1v) is 6.50. The Bertz CT molecular complexity index is 761. The van der Waals surface area contributed by atoms with Crippen LogP contribution in [-0.2, 0) is 11.2 Å². The first kappa shape index (κ1) is 12.4. The molecule has 0 bridgehead atoms. The van der Waals surface area contributed by atoms with E-state index in [9.17, 15) is 4.79 Å². The summed E-state index contributed by atoms with van der Waals surface area (Å²) in [5, 5.41) is 3.98. The van der Waals surface area contributed by atoms with Crippen LogP contribution < -0.4 is 5.32 Å². The highest BCUT2D eigenvalue weighted by Gasteiger charge is 2.08. The number of H-pyrrole nitrogens is 1. The molecule has 3 rings (SSSR count). The van der Waals surface area contributed by atoms with Gasteiger partial charge in [0.15, 0.2) is 0 Å². The van der Waals surface area contributed by atoms with Crippen LogP contribution in [-0.4, -0.2) is 15.9 Å². The molecule has 0 saturated heterocycles. The number of hydrogen-bond donors (Lipinski definition) is 2. The second-order valence-corrected chi connectivity index (χ2v) is 4.77. The predicted molar refractivity (Wildman–Crippen MR) is 79.6 cm³/mol. The lowest BCUT2D eigenvalue weighted by molar-refractivity contribution is -0.115. The van der Waals surface area contributed by atoms with E-state index in [0.717, 1.165) is 27.8 Å². The highest BCUT2D eigenvalue weighted by atomic mass is 16.1. The zero-order valence-electron chi connectivity index (χ0n) is 11.2. The molecule has 0 aliphatic heterocycles. The third-order valence-electron chi connectivity index (χ3n) is 3.21. The Morgan fingerprint density at radius 3 is 3.00 bits per heavy atom. The fourth-order valence-corrected chi connectivity index (χ4v) is 2.28. The van der Waals surface area contributed by atoms with Crippen LogP contribution in [0.15, 0.2) is 48.8 Å². The lowest BCUT2D eigenvalue weighted by Gasteiger charge is -2.05. The summed E-state index contributed by atoms with van der Waals surface area (Å²) in [6.07, 6.45) is 3.93. The standard InChI is InChI=1S/C16H15N3O/c1-11-8-13(6-7-17-11)19-16(20)9-12-10-18-15-5-3-2-4-14(12)15/h2-8,10,18H,9H2,1H3,(H,17,19,20). The summed E-state index contributed by atoms with van der Waals surface area (Å²) in [5.41, 5.74) is 3.72. The summed E-state index contributed by atoms with van der Waals surface area (Å²) in [5.74, 6) is -0.0275. The zero-order chi connectivity index (χ0) is 13.9. The summed E-state index contributed by atoms with van der Waals surface area (Å²) >= 11 is 0. The largest absolute Gasteiger partial charge is 0.361 e. The molecule has 0 radical (unpaired) electrons. The van der Waals surface area contributed by atoms with Crippen molar-refractivity contribution in [3.05, 3.63) is 60.0 Å². The molecule has 4 nitrogen and oxygen atoms in total. The van der Waals surface area contributed by atoms with Crippen molar-refractivity contribution in [2.45, 2.75) is 13.3 Å². The van der Waals surface area contributed by atoms with Gasteiger partial charge < -0.3 is 10.3 Å². The second-order valence-electron chi connectivity index (χ2n) is 4.77. The number of carbonyl (C=O) groups excluding carboxylic acids is 1. The molecule has 0 spiro atoms. The van der Waals surface area contributed by atoms with Gasteiger partial charge in [-0.05, 0) is 30.7 Å². The molecule has 0 aliphatic rings. The maximum absolute atomic E-state index is 12.1. The van der Waals surface area contributed by atoms with Crippen LogP contribution >= 0.6 is 0 Å². The quantitative estimate of drug-likeness (QED) is 0.764. The number of aromatic nitrogens is 2. The molecule has 3 aromatic rings. The summed E-state index contributed by atoms with van der Waals surface area (Å²) in [6.45, 7) is 1.90. The molecule has 2 heterocycles. The van der Waals surface area contributed by atoms with Crippen molar-refractivity contribution in [1.82, 2.24) is 9.97 Å². The highest BCUT2D eigenvalue weighted by Crippen LogP contribution is 2.18. The smallest absolute Gasteiger partial charge is 0.228 e. The topological polar surface area (TPSA) is 57.8 Å². The number of hydrogen-bond acceptors (Lipinski definition) is 2. The van der Waals surface area contributed by atoms with Crippen molar-refractivity contribution < 1.29 is 4.79 Å². The van der Waals surface area contributed by atoms with Crippen LogP contribution in [0.2, 0.25) is 0 Å². The number of rotatable bonds is 3. The van der Waals surface area contributed by atoms with Crippen LogP contribution in [0.1, 0.15) is 11.3 Å². The minimum atomic E-state index is -0.0275. The molecule has 4 heteroatoms. The van der Waals surface area contributed by atoms with E-state index in [1.54, 1.807) is 12.3 Å². The van der Waals surface area contributed by atoms with Crippen LogP contribution in [0.4, 0.5) is 5.69 Å². The van der Waals surface area contributed by atoms with E-state index in [2.05, 4.69) is 15.3 Å². The van der Waals surface area contributed by atoms with Gasteiger partial charge in [-0.1, -0.05) is 18.2 Å². The van der Waals surface area contributed by atoms with E-state index in [1.807, 2.05) is 43.5 Å². The maximum atomic E-state index is 12.1. The lowest BCUT2D eigenvalue weighted by atomic mass is 10.1. The number of carbonyl (C=O) groups is 1. The van der Waals surface area contributed by atoms with Gasteiger partial charge in [0, 0.05) is 34.7 Å². The molecule has 0 aliphatic carbocycles. The average Bonchev–Trinajstić information content (AvgIpc) is 2.82. The predicted octanol–water partition coefficient (Wildman–Crippen LogP) is 3.05. The number of nitrogens with zero attached hydrogens (tertiary/aromatic N) is 1. The molecular weight excluding hydrogens is 250 g/mol. The van der Waals surface area contributed by atoms with Crippen LogP contribution in [0.25, 0.3) is 10.9 Å². The number of aryl methyl sites for hydroxylation is 1. The average molecular weight is 265 g/mol. The Labute approximate surface area is 116 Å². The minimum Gasteiger partial charge on any atom is -0.361 e. The van der Waals surface area contributed by atoms with Crippen molar-refractivity contribution in [1.29, 1.82) is 0 Å². The monoisotopic (exact) mass is 265 g/mol. The van der Waals surface area contributed by atoms with Crippen molar-refractivity contribution >= 4 is 22.5 Å². The van der Waals surface area contributed by atoms with Gasteiger partial charge in [-0.3, -0.25) is 9.78 Å². The van der Waals surface area contributed by atoms with E-state index in [-0.39, 0.29) is 5.91 Å². The first-order chi connectivity index (χ1) is 9.72. The molecule has 0 fully saturated rings. The number of para-hydroxylation sites is 1. The normalized spacial score (nSPS) is 10.7. The maximum Gasteiger partial charge on any atom is 0.228 e. The third-order valence-corrected chi connectivity index (χ3v) is 3.21. The Balaban J connectivity index is 1.76. The number of amides is 1. The molecule has 1 amide bonds. The third kappa shape index (κ3) is 2.54. The zero-order valence-corrected chi connectivity index (χ0v) is 11.2. The number of pyridine rings is 1. The van der Waals surface area contributed by atoms with Gasteiger partial charge in [-0.15, -0.1) is 0 Å². The number of fused-ring (bicyclic) bond motifs is 1. The molecule has 0 saturated carbocycles. The van der Waals surface area contributed by atoms with Crippen molar-refractivity contribution in [2.75, 3.05) is 5.32 Å². The Morgan fingerprint density at radius 2 is 2.15 bits per heavy atom. The van der Waals surface area contributed by atoms with Crippen molar-refractivity contribution in [2.24, 2.45) is 0 Å². The second kappa shape index (κ2) is 5.17. The number of anilines is 1. The molecule has 20 heavy (non-hydrogen) atoms. The molecule has 100 valence electrons. The van der Waals surface area contributed by atoms with Crippen LogP contribution in [0, 0.1) is 6.92 Å². The van der Waals surface area contributed by atoms with E-state index < -0.39 is 0 Å². The van der Waals surface area contributed by atoms with E-state index in [0.29, 0.717) is 6.42 Å². The summed E-state index contributed by atoms with van der Waals surface area (Å²) in [4.78, 5) is 19.4. The number of nitrogens with one attached hydrogen (secondary N) is 2. The SMILES string of the molecule is Cc1cc(NC(=O)Cc2c[nH]c3ccccc23)ccn1. The van der Waals surface area contributed by atoms with E-state index >= 15 is 0 Å². The first-order valence-electron chi connectivity index (χ1n) is 6.50. The summed E-state index contributed by atoms with van der Waals surface area (Å²) in [7, 11) is 0. The van der Waals surface area contributed by atoms with Gasteiger partial charge in [-0.25, -0.2) is 0 Å². The molecule has 2 N–H and O–H groups in total. The summed E-state index contributed by atoms with van der Waals surface area (Å²) < 4.78 is 0. The van der Waals surface area contributed by atoms with Crippen LogP contribution in [0.3, 0.4) is 0 Å². The van der Waals surface area contributed by atoms with Gasteiger partial charge in [0.25, 0.3) is 0 Å². The summed E-state index contributed by atoms with van der Waals surface area (Å²) in [6, 6.07) is 11.6. The fraction of sp³-hybridized carbons (Fsp3) is 0.125. The number of benzene rings is 1. The minimum absolute atomic E-state index is 0.0275. The molecule has 2 aromatic heterocycles. The van der Waals surface area contributed by atoms with Crippen molar-refractivity contribution in [3.8, 4) is 0 Å². The molecule has 1 aromatic carbocycles. The molecule has 0 unspecified atom stereocenters. The molecule has 0 atom stereocenters. The Kier molecular flexibility index (Phi) is 3.21. The van der Waals surface area contributed by atoms with Gasteiger partial charge in [0.1, 0.15) is 0 Å². The highest BCUT2D eigenvalue weighted by molar-refractivity contribution is 5.95. The Morgan fingerprint density at radius 1 is 1.30 bits per heavy atom. The van der Waals surface area contributed by atoms with Gasteiger partial charge in [0.2, 0.25) is 5.91 Å². The lowest BCUT2D eigenvalue weighted by Crippen LogP contribution is -2.14. The fourth-order valence-electron chi connectivity index (χ4n) is 2.28. The van der Waals surface area contributed by atoms with Gasteiger partial charge in [-0.2, -0.15) is 0 Å². The van der Waals surface area contributed by atoms with E-state index in [1.165, 1.54) is 0 Å². The van der Waals surface area contributed by atoms with Crippen LogP contribution in [0.5, 0.6) is 0 Å². The van der Waals surface area contributed by atoms with E-state index in [4.69, 9.17) is 0 Å².